The molecule has 0 saturated heterocycles. The van der Waals surface area contributed by atoms with Crippen LogP contribution in [0.5, 0.6) is 0 Å². The second kappa shape index (κ2) is 11.6. The number of fused-ring (bicyclic) bond motifs is 2. The van der Waals surface area contributed by atoms with Crippen LogP contribution < -0.4 is 4.90 Å². The first-order valence-electron chi connectivity index (χ1n) is 15.6. The van der Waals surface area contributed by atoms with Crippen LogP contribution >= 0.6 is 0 Å². The van der Waals surface area contributed by atoms with Gasteiger partial charge in [-0.1, -0.05) is 60.6 Å². The van der Waals surface area contributed by atoms with Gasteiger partial charge < -0.3 is 4.90 Å². The van der Waals surface area contributed by atoms with Gasteiger partial charge in [0, 0.05) is 11.4 Å². The van der Waals surface area contributed by atoms with Crippen molar-refractivity contribution in [2.24, 2.45) is 0 Å². The Morgan fingerprint density at radius 3 is 2.02 bits per heavy atom. The van der Waals surface area contributed by atoms with Crippen molar-refractivity contribution in [3.8, 4) is 22.5 Å². The molecule has 0 spiro atoms. The third-order valence-corrected chi connectivity index (χ3v) is 7.00. The Bertz CT molecular complexity index is 2220. The molecule has 204 valence electrons. The Morgan fingerprint density at radius 2 is 1.29 bits per heavy atom. The number of aryl methyl sites for hydroxylation is 2. The standard InChI is InChI=1S/C36H25N5.Pt/c1-24-11-8-20-33-34(24)37-23-38-35(33)26-12-9-16-29(21-26)41(28-14-4-3-5-15-28)30-17-10-13-27(22-30)36-32-19-7-6-18-31(32)25(2)39-40-36;/h3-20,23H,1-2H3;/q-2;+2/i3D,4D,5D,14D,15D;. The number of hydrogen-bond donors (Lipinski definition) is 0. The third kappa shape index (κ3) is 4.97. The van der Waals surface area contributed by atoms with Gasteiger partial charge in [-0.05, 0) is 64.7 Å². The van der Waals surface area contributed by atoms with Crippen LogP contribution in [0.1, 0.15) is 18.1 Å². The number of nitrogens with zero attached hydrogens (tertiary/aromatic N) is 5. The van der Waals surface area contributed by atoms with Crippen molar-refractivity contribution in [2.45, 2.75) is 13.8 Å². The average molecular weight is 728 g/mol. The molecule has 0 amide bonds. The van der Waals surface area contributed by atoms with Crippen molar-refractivity contribution in [1.82, 2.24) is 20.2 Å². The monoisotopic (exact) mass is 727 g/mol. The molecule has 7 rings (SSSR count). The predicted octanol–water partition coefficient (Wildman–Crippen LogP) is 8.59. The molecule has 2 aromatic heterocycles. The van der Waals surface area contributed by atoms with Crippen molar-refractivity contribution in [3.05, 3.63) is 139 Å². The maximum Gasteiger partial charge on any atom is 2.00 e. The summed E-state index contributed by atoms with van der Waals surface area (Å²) < 4.78 is 42.8. The van der Waals surface area contributed by atoms with Gasteiger partial charge in [0.25, 0.3) is 0 Å². The van der Waals surface area contributed by atoms with E-state index in [0.717, 1.165) is 32.9 Å². The molecule has 0 aliphatic rings. The number of hydrogen-bond acceptors (Lipinski definition) is 5. The molecule has 0 radical (unpaired) electrons. The van der Waals surface area contributed by atoms with Crippen LogP contribution in [-0.2, 0) is 21.1 Å². The number of para-hydroxylation sites is 2. The summed E-state index contributed by atoms with van der Waals surface area (Å²) >= 11 is 0. The number of anilines is 3. The van der Waals surface area contributed by atoms with E-state index in [2.05, 4.69) is 32.3 Å². The molecule has 2 heterocycles. The maximum atomic E-state index is 8.88. The number of aromatic nitrogens is 4. The average Bonchev–Trinajstić information content (AvgIpc) is 3.09. The quantitative estimate of drug-likeness (QED) is 0.166. The summed E-state index contributed by atoms with van der Waals surface area (Å²) in [5, 5.41) is 11.6. The molecule has 5 aromatic carbocycles. The van der Waals surface area contributed by atoms with E-state index in [1.54, 1.807) is 17.0 Å². The van der Waals surface area contributed by atoms with E-state index in [4.69, 9.17) is 6.85 Å². The van der Waals surface area contributed by atoms with Gasteiger partial charge in [-0.3, -0.25) is 4.98 Å². The Labute approximate surface area is 266 Å². The second-order valence-electron chi connectivity index (χ2n) is 9.58. The molecule has 42 heavy (non-hydrogen) atoms. The predicted molar refractivity (Wildman–Crippen MR) is 165 cm³/mol. The SMILES string of the molecule is [2H]c1c([2H])c([2H])c(N(c2[c-]c(-c3nnc(C)c4ccccc34)ccc2)c2[c-]c(-c3ncnc4c(C)cccc34)ccc2)c([2H])c1[2H].[Pt+2]. The molecule has 0 fully saturated rings. The largest absolute Gasteiger partial charge is 2.00 e. The Morgan fingerprint density at radius 1 is 0.643 bits per heavy atom. The van der Waals surface area contributed by atoms with E-state index in [1.807, 2.05) is 80.6 Å². The minimum Gasteiger partial charge on any atom is -0.346 e. The van der Waals surface area contributed by atoms with Crippen LogP contribution in [0.2, 0.25) is 0 Å². The van der Waals surface area contributed by atoms with Crippen LogP contribution in [0.4, 0.5) is 17.1 Å². The van der Waals surface area contributed by atoms with Crippen LogP contribution in [0.3, 0.4) is 0 Å². The molecular formula is C36H25N5Pt. The molecule has 7 aromatic rings. The third-order valence-electron chi connectivity index (χ3n) is 7.00. The smallest absolute Gasteiger partial charge is 0.346 e. The number of benzene rings is 5. The zero-order chi connectivity index (χ0) is 32.1. The minimum absolute atomic E-state index is 0. The summed E-state index contributed by atoms with van der Waals surface area (Å²) in [5.41, 5.74) is 6.03. The fourth-order valence-corrected chi connectivity index (χ4v) is 5.06. The first kappa shape index (κ1) is 21.9. The fourth-order valence-electron chi connectivity index (χ4n) is 5.06. The first-order chi connectivity index (χ1) is 22.2. The van der Waals surface area contributed by atoms with Crippen LogP contribution in [0, 0.1) is 26.0 Å². The van der Waals surface area contributed by atoms with E-state index >= 15 is 0 Å². The topological polar surface area (TPSA) is 54.8 Å². The van der Waals surface area contributed by atoms with Gasteiger partial charge in [0.15, 0.2) is 0 Å². The van der Waals surface area contributed by atoms with Crippen molar-refractivity contribution >= 4 is 38.7 Å². The summed E-state index contributed by atoms with van der Waals surface area (Å²) in [6.45, 7) is 3.90. The van der Waals surface area contributed by atoms with Gasteiger partial charge in [0.05, 0.1) is 18.1 Å². The van der Waals surface area contributed by atoms with E-state index in [9.17, 15) is 0 Å². The Kier molecular flexibility index (Phi) is 6.08. The van der Waals surface area contributed by atoms with Gasteiger partial charge in [0.2, 0.25) is 0 Å². The molecule has 0 saturated carbocycles. The summed E-state index contributed by atoms with van der Waals surface area (Å²) in [6, 6.07) is 29.5. The zero-order valence-corrected chi connectivity index (χ0v) is 24.9. The van der Waals surface area contributed by atoms with Crippen LogP contribution in [0.15, 0.2) is 115 Å². The van der Waals surface area contributed by atoms with Gasteiger partial charge in [-0.15, -0.1) is 59.7 Å². The normalized spacial score (nSPS) is 12.6. The number of rotatable bonds is 5. The van der Waals surface area contributed by atoms with E-state index in [1.165, 1.54) is 6.33 Å². The van der Waals surface area contributed by atoms with Crippen molar-refractivity contribution in [2.75, 3.05) is 4.90 Å². The zero-order valence-electron chi connectivity index (χ0n) is 27.6. The van der Waals surface area contributed by atoms with Crippen molar-refractivity contribution < 1.29 is 27.9 Å². The second-order valence-corrected chi connectivity index (χ2v) is 9.58. The Hall–Kier alpha value is -4.73. The van der Waals surface area contributed by atoms with Crippen molar-refractivity contribution in [1.29, 1.82) is 0 Å². The van der Waals surface area contributed by atoms with Gasteiger partial charge >= 0.3 is 21.1 Å². The van der Waals surface area contributed by atoms with E-state index < -0.39 is 18.1 Å². The summed E-state index contributed by atoms with van der Waals surface area (Å²) in [7, 11) is 0. The molecule has 0 aliphatic carbocycles. The molecule has 5 nitrogen and oxygen atoms in total. The molecule has 6 heteroatoms. The van der Waals surface area contributed by atoms with E-state index in [-0.39, 0.29) is 38.8 Å². The van der Waals surface area contributed by atoms with E-state index in [0.29, 0.717) is 33.9 Å². The van der Waals surface area contributed by atoms with Crippen molar-refractivity contribution in [3.63, 3.8) is 0 Å². The summed E-state index contributed by atoms with van der Waals surface area (Å²) in [6.07, 6.45) is 1.52. The fraction of sp³-hybridized carbons (Fsp3) is 0.0556. The first-order valence-corrected chi connectivity index (χ1v) is 13.1. The van der Waals surface area contributed by atoms with Crippen LogP contribution in [-0.4, -0.2) is 20.2 Å². The van der Waals surface area contributed by atoms with Gasteiger partial charge in [0.1, 0.15) is 6.33 Å². The summed E-state index contributed by atoms with van der Waals surface area (Å²) in [5.74, 6) is 0. The molecule has 0 atom stereocenters. The molecule has 0 unspecified atom stereocenters. The molecule has 0 N–H and O–H groups in total. The minimum atomic E-state index is -0.474. The maximum absolute atomic E-state index is 8.88. The molecular weight excluding hydrogens is 698 g/mol. The molecule has 0 bridgehead atoms. The van der Waals surface area contributed by atoms with Gasteiger partial charge in [-0.2, -0.15) is 5.10 Å². The Balaban J connectivity index is 0.00000386. The van der Waals surface area contributed by atoms with Crippen LogP contribution in [0.25, 0.3) is 44.2 Å². The summed E-state index contributed by atoms with van der Waals surface area (Å²) in [4.78, 5) is 10.7. The van der Waals surface area contributed by atoms with Gasteiger partial charge in [-0.25, -0.2) is 10.1 Å². The molecule has 0 aliphatic heterocycles.